The lowest BCUT2D eigenvalue weighted by Crippen LogP contribution is -2.13. The molecule has 0 amide bonds. The van der Waals surface area contributed by atoms with Crippen LogP contribution in [0.3, 0.4) is 0 Å². The summed E-state index contributed by atoms with van der Waals surface area (Å²) in [6.45, 7) is 6.11. The smallest absolute Gasteiger partial charge is 0.318 e. The van der Waals surface area contributed by atoms with Crippen molar-refractivity contribution in [2.45, 2.75) is 51.9 Å². The Kier molecular flexibility index (Phi) is 3.99. The summed E-state index contributed by atoms with van der Waals surface area (Å²) in [5.41, 5.74) is 0. The normalized spacial score (nSPS) is 25.1. The molecule has 5 nitrogen and oxygen atoms in total. The summed E-state index contributed by atoms with van der Waals surface area (Å²) >= 11 is 0. The molecule has 0 saturated heterocycles. The molecule has 1 fully saturated rings. The highest BCUT2D eigenvalue weighted by molar-refractivity contribution is 5.76. The van der Waals surface area contributed by atoms with Crippen molar-refractivity contribution in [2.75, 3.05) is 6.61 Å². The maximum absolute atomic E-state index is 11.6. The predicted molar refractivity (Wildman–Crippen MR) is 65.1 cm³/mol. The van der Waals surface area contributed by atoms with E-state index in [0.717, 1.165) is 24.6 Å². The van der Waals surface area contributed by atoms with Gasteiger partial charge in [0, 0.05) is 5.92 Å². The van der Waals surface area contributed by atoms with Crippen LogP contribution < -0.4 is 0 Å². The van der Waals surface area contributed by atoms with Crippen molar-refractivity contribution < 1.29 is 14.1 Å². The highest BCUT2D eigenvalue weighted by Crippen LogP contribution is 2.36. The number of esters is 1. The summed E-state index contributed by atoms with van der Waals surface area (Å²) in [7, 11) is 0. The Morgan fingerprint density at radius 1 is 1.56 bits per heavy atom. The van der Waals surface area contributed by atoms with E-state index >= 15 is 0 Å². The van der Waals surface area contributed by atoms with Crippen molar-refractivity contribution in [1.29, 1.82) is 0 Å². The Balaban J connectivity index is 2.03. The van der Waals surface area contributed by atoms with E-state index in [1.54, 1.807) is 13.8 Å². The van der Waals surface area contributed by atoms with Crippen LogP contribution >= 0.6 is 0 Å². The van der Waals surface area contributed by atoms with E-state index in [1.165, 1.54) is 6.42 Å². The van der Waals surface area contributed by atoms with Crippen LogP contribution in [0.4, 0.5) is 0 Å². The lowest BCUT2D eigenvalue weighted by atomic mass is 10.1. The first kappa shape index (κ1) is 13.1. The van der Waals surface area contributed by atoms with Crippen LogP contribution in [0.5, 0.6) is 0 Å². The molecule has 1 aliphatic carbocycles. The number of rotatable bonds is 4. The van der Waals surface area contributed by atoms with Crippen LogP contribution in [0.15, 0.2) is 4.52 Å². The van der Waals surface area contributed by atoms with Gasteiger partial charge in [0.25, 0.3) is 0 Å². The quantitative estimate of drug-likeness (QED) is 0.771. The van der Waals surface area contributed by atoms with Gasteiger partial charge in [0.05, 0.1) is 6.61 Å². The van der Waals surface area contributed by atoms with Gasteiger partial charge in [-0.2, -0.15) is 4.98 Å². The van der Waals surface area contributed by atoms with Crippen LogP contribution in [-0.2, 0) is 9.53 Å². The van der Waals surface area contributed by atoms with E-state index in [4.69, 9.17) is 9.26 Å². The first-order valence-corrected chi connectivity index (χ1v) is 6.62. The van der Waals surface area contributed by atoms with E-state index in [2.05, 4.69) is 17.1 Å². The zero-order valence-electron chi connectivity index (χ0n) is 11.2. The van der Waals surface area contributed by atoms with Crippen LogP contribution in [0.2, 0.25) is 0 Å². The fourth-order valence-corrected chi connectivity index (χ4v) is 2.40. The minimum Gasteiger partial charge on any atom is -0.465 e. The largest absolute Gasteiger partial charge is 0.465 e. The van der Waals surface area contributed by atoms with E-state index in [1.807, 2.05) is 0 Å². The Hall–Kier alpha value is -1.39. The third kappa shape index (κ3) is 2.71. The monoisotopic (exact) mass is 252 g/mol. The minimum absolute atomic E-state index is 0.313. The first-order valence-electron chi connectivity index (χ1n) is 6.62. The van der Waals surface area contributed by atoms with Gasteiger partial charge in [-0.3, -0.25) is 4.79 Å². The van der Waals surface area contributed by atoms with Crippen molar-refractivity contribution in [3.05, 3.63) is 11.7 Å². The summed E-state index contributed by atoms with van der Waals surface area (Å²) in [5, 5.41) is 4.00. The Bertz CT molecular complexity index is 416. The van der Waals surface area contributed by atoms with Gasteiger partial charge >= 0.3 is 5.97 Å². The number of carbonyl (C=O) groups is 1. The molecular formula is C13H20N2O3. The summed E-state index contributed by atoms with van der Waals surface area (Å²) in [6.07, 6.45) is 3.42. The molecule has 3 atom stereocenters. The molecule has 1 heterocycles. The molecule has 0 N–H and O–H groups in total. The van der Waals surface area contributed by atoms with E-state index in [9.17, 15) is 4.79 Å². The number of hydrogen-bond donors (Lipinski definition) is 0. The molecule has 2 rings (SSSR count). The predicted octanol–water partition coefficient (Wildman–Crippen LogP) is 2.64. The minimum atomic E-state index is -0.481. The number of aromatic nitrogens is 2. The van der Waals surface area contributed by atoms with Crippen molar-refractivity contribution in [3.8, 4) is 0 Å². The van der Waals surface area contributed by atoms with Crippen molar-refractivity contribution >= 4 is 5.97 Å². The molecule has 3 unspecified atom stereocenters. The molecule has 0 spiro atoms. The van der Waals surface area contributed by atoms with Gasteiger partial charge in [0.2, 0.25) is 5.89 Å². The van der Waals surface area contributed by atoms with Crippen LogP contribution in [0.1, 0.15) is 63.6 Å². The molecule has 0 aromatic carbocycles. The maximum atomic E-state index is 11.6. The van der Waals surface area contributed by atoms with Gasteiger partial charge in [0.15, 0.2) is 5.82 Å². The zero-order chi connectivity index (χ0) is 13.1. The molecule has 1 saturated carbocycles. The first-order chi connectivity index (χ1) is 8.61. The number of carbonyl (C=O) groups excluding carboxylic acids is 1. The fraction of sp³-hybridized carbons (Fsp3) is 0.769. The second-order valence-electron chi connectivity index (χ2n) is 5.08. The highest BCUT2D eigenvalue weighted by Gasteiger charge is 2.29. The third-order valence-corrected chi connectivity index (χ3v) is 3.53. The van der Waals surface area contributed by atoms with Crippen LogP contribution in [0, 0.1) is 5.92 Å². The number of ether oxygens (including phenoxy) is 1. The lowest BCUT2D eigenvalue weighted by Gasteiger charge is -2.05. The molecule has 0 radical (unpaired) electrons. The number of hydrogen-bond acceptors (Lipinski definition) is 5. The summed E-state index contributed by atoms with van der Waals surface area (Å²) in [5.74, 6) is 1.41. The standard InChI is InChI=1S/C13H20N2O3/c1-4-17-13(16)9(3)12-14-11(15-18-12)10-6-5-8(2)7-10/h8-10H,4-7H2,1-3H3. The zero-order valence-corrected chi connectivity index (χ0v) is 11.2. The Morgan fingerprint density at radius 2 is 2.33 bits per heavy atom. The second-order valence-corrected chi connectivity index (χ2v) is 5.08. The highest BCUT2D eigenvalue weighted by atomic mass is 16.5. The fourth-order valence-electron chi connectivity index (χ4n) is 2.40. The van der Waals surface area contributed by atoms with Gasteiger partial charge in [-0.25, -0.2) is 0 Å². The Morgan fingerprint density at radius 3 is 2.94 bits per heavy atom. The molecule has 0 aliphatic heterocycles. The SMILES string of the molecule is CCOC(=O)C(C)c1nc(C2CCC(C)C2)no1. The molecule has 5 heteroatoms. The second kappa shape index (κ2) is 5.50. The molecule has 1 aliphatic rings. The van der Waals surface area contributed by atoms with Gasteiger partial charge in [-0.05, 0) is 39.0 Å². The molecule has 1 aromatic rings. The van der Waals surface area contributed by atoms with Gasteiger partial charge in [0.1, 0.15) is 5.92 Å². The van der Waals surface area contributed by atoms with Gasteiger partial charge in [-0.1, -0.05) is 12.1 Å². The number of nitrogens with zero attached hydrogens (tertiary/aromatic N) is 2. The molecule has 18 heavy (non-hydrogen) atoms. The van der Waals surface area contributed by atoms with Crippen molar-refractivity contribution in [1.82, 2.24) is 10.1 Å². The average Bonchev–Trinajstić information content (AvgIpc) is 2.96. The van der Waals surface area contributed by atoms with E-state index < -0.39 is 5.92 Å². The summed E-state index contributed by atoms with van der Waals surface area (Å²) in [6, 6.07) is 0. The van der Waals surface area contributed by atoms with Crippen LogP contribution in [-0.4, -0.2) is 22.7 Å². The average molecular weight is 252 g/mol. The molecule has 1 aromatic heterocycles. The van der Waals surface area contributed by atoms with Gasteiger partial charge < -0.3 is 9.26 Å². The van der Waals surface area contributed by atoms with Crippen LogP contribution in [0.25, 0.3) is 0 Å². The van der Waals surface area contributed by atoms with Crippen molar-refractivity contribution in [2.24, 2.45) is 5.92 Å². The van der Waals surface area contributed by atoms with E-state index in [-0.39, 0.29) is 5.97 Å². The molecule has 0 bridgehead atoms. The summed E-state index contributed by atoms with van der Waals surface area (Å²) in [4.78, 5) is 15.9. The van der Waals surface area contributed by atoms with Crippen molar-refractivity contribution in [3.63, 3.8) is 0 Å². The molecular weight excluding hydrogens is 232 g/mol. The van der Waals surface area contributed by atoms with Gasteiger partial charge in [-0.15, -0.1) is 0 Å². The lowest BCUT2D eigenvalue weighted by molar-refractivity contribution is -0.145. The third-order valence-electron chi connectivity index (χ3n) is 3.53. The molecule has 100 valence electrons. The van der Waals surface area contributed by atoms with E-state index in [0.29, 0.717) is 18.4 Å². The summed E-state index contributed by atoms with van der Waals surface area (Å²) < 4.78 is 10.1. The topological polar surface area (TPSA) is 65.2 Å². The maximum Gasteiger partial charge on any atom is 0.318 e. The Labute approximate surface area is 107 Å².